The summed E-state index contributed by atoms with van der Waals surface area (Å²) in [5, 5.41) is 7.34. The minimum absolute atomic E-state index is 0.137. The Morgan fingerprint density at radius 2 is 2.67 bits per heavy atom. The first-order valence-corrected chi connectivity index (χ1v) is 5.16. The summed E-state index contributed by atoms with van der Waals surface area (Å²) >= 11 is 0. The van der Waals surface area contributed by atoms with Gasteiger partial charge in [-0.1, -0.05) is 0 Å². The Kier molecular flexibility index (Phi) is 3.01. The van der Waals surface area contributed by atoms with E-state index in [1.165, 1.54) is 0 Å². The lowest BCUT2D eigenvalue weighted by Gasteiger charge is -2.16. The number of nitrogens with zero attached hydrogens (tertiary/aromatic N) is 2. The predicted molar refractivity (Wildman–Crippen MR) is 54.2 cm³/mol. The van der Waals surface area contributed by atoms with E-state index in [0.29, 0.717) is 6.61 Å². The van der Waals surface area contributed by atoms with Gasteiger partial charge in [-0.2, -0.15) is 5.10 Å². The average Bonchev–Trinajstić information content (AvgIpc) is 2.79. The van der Waals surface area contributed by atoms with Crippen LogP contribution in [0, 0.1) is 0 Å². The lowest BCUT2D eigenvalue weighted by molar-refractivity contribution is -0.139. The first kappa shape index (κ1) is 10.2. The van der Waals surface area contributed by atoms with E-state index in [0.717, 1.165) is 13.0 Å². The molecule has 1 aliphatic rings. The molecule has 5 nitrogen and oxygen atoms in total. The molecule has 0 aliphatic carbocycles. The molecule has 2 rings (SSSR count). The highest BCUT2D eigenvalue weighted by Crippen LogP contribution is 2.07. The largest absolute Gasteiger partial charge is 0.464 e. The van der Waals surface area contributed by atoms with Crippen molar-refractivity contribution in [3.8, 4) is 0 Å². The van der Waals surface area contributed by atoms with Crippen LogP contribution in [0.2, 0.25) is 0 Å². The second-order valence-corrected chi connectivity index (χ2v) is 3.80. The summed E-state index contributed by atoms with van der Waals surface area (Å²) in [5.74, 6) is -0.137. The van der Waals surface area contributed by atoms with Crippen molar-refractivity contribution in [3.05, 3.63) is 18.5 Å². The van der Waals surface area contributed by atoms with Crippen molar-refractivity contribution in [2.75, 3.05) is 6.61 Å². The smallest absolute Gasteiger partial charge is 0.323 e. The predicted octanol–water partition coefficient (Wildman–Crippen LogP) is 0.177. The monoisotopic (exact) mass is 209 g/mol. The Morgan fingerprint density at radius 1 is 1.80 bits per heavy atom. The van der Waals surface area contributed by atoms with Crippen LogP contribution in [-0.2, 0) is 16.1 Å². The average molecular weight is 209 g/mol. The normalized spacial score (nSPS) is 22.7. The lowest BCUT2D eigenvalue weighted by Crippen LogP contribution is -2.41. The van der Waals surface area contributed by atoms with E-state index < -0.39 is 0 Å². The van der Waals surface area contributed by atoms with Crippen molar-refractivity contribution in [1.29, 1.82) is 0 Å². The number of hydrogen-bond donors (Lipinski definition) is 1. The number of ether oxygens (including phenoxy) is 1. The molecule has 2 atom stereocenters. The third-order valence-electron chi connectivity index (χ3n) is 2.44. The maximum atomic E-state index is 11.2. The minimum Gasteiger partial charge on any atom is -0.464 e. The fourth-order valence-corrected chi connectivity index (χ4v) is 1.73. The Hall–Kier alpha value is -1.36. The summed E-state index contributed by atoms with van der Waals surface area (Å²) in [5.41, 5.74) is 0. The highest BCUT2D eigenvalue weighted by molar-refractivity contribution is 5.77. The number of rotatable bonds is 4. The van der Waals surface area contributed by atoms with Gasteiger partial charge in [-0.3, -0.25) is 14.8 Å². The maximum absolute atomic E-state index is 11.2. The molecule has 1 aliphatic heterocycles. The zero-order chi connectivity index (χ0) is 10.7. The molecule has 0 bridgehead atoms. The SMILES string of the molecule is C[C@H](Cn1cccn1)N[C@H]1CCOC1=O. The van der Waals surface area contributed by atoms with E-state index in [2.05, 4.69) is 10.4 Å². The summed E-state index contributed by atoms with van der Waals surface area (Å²) < 4.78 is 6.72. The topological polar surface area (TPSA) is 56.1 Å². The molecule has 0 amide bonds. The van der Waals surface area contributed by atoms with Crippen molar-refractivity contribution in [2.24, 2.45) is 0 Å². The molecule has 0 spiro atoms. The second-order valence-electron chi connectivity index (χ2n) is 3.80. The van der Waals surface area contributed by atoms with Crippen LogP contribution >= 0.6 is 0 Å². The van der Waals surface area contributed by atoms with Crippen LogP contribution in [0.4, 0.5) is 0 Å². The van der Waals surface area contributed by atoms with E-state index >= 15 is 0 Å². The highest BCUT2D eigenvalue weighted by atomic mass is 16.5. The zero-order valence-electron chi connectivity index (χ0n) is 8.72. The van der Waals surface area contributed by atoms with E-state index in [9.17, 15) is 4.79 Å². The molecule has 82 valence electrons. The summed E-state index contributed by atoms with van der Waals surface area (Å²) in [6.07, 6.45) is 4.42. The minimum atomic E-state index is -0.143. The summed E-state index contributed by atoms with van der Waals surface area (Å²) in [7, 11) is 0. The number of cyclic esters (lactones) is 1. The third-order valence-corrected chi connectivity index (χ3v) is 2.44. The van der Waals surface area contributed by atoms with Crippen LogP contribution in [0.5, 0.6) is 0 Å². The number of carbonyl (C=O) groups excluding carboxylic acids is 1. The highest BCUT2D eigenvalue weighted by Gasteiger charge is 2.27. The molecular formula is C10H15N3O2. The van der Waals surface area contributed by atoms with E-state index in [1.54, 1.807) is 6.20 Å². The van der Waals surface area contributed by atoms with Crippen molar-refractivity contribution < 1.29 is 9.53 Å². The van der Waals surface area contributed by atoms with Gasteiger partial charge in [0.15, 0.2) is 0 Å². The molecule has 1 aromatic rings. The number of esters is 1. The molecule has 0 saturated carbocycles. The summed E-state index contributed by atoms with van der Waals surface area (Å²) in [4.78, 5) is 11.2. The van der Waals surface area contributed by atoms with E-state index in [1.807, 2.05) is 23.9 Å². The standard InChI is InChI=1S/C10H15N3O2/c1-8(7-13-5-2-4-11-13)12-9-3-6-15-10(9)14/h2,4-5,8-9,12H,3,6-7H2,1H3/t8-,9+/m1/s1. The maximum Gasteiger partial charge on any atom is 0.323 e. The van der Waals surface area contributed by atoms with Gasteiger partial charge in [0.25, 0.3) is 0 Å². The first-order chi connectivity index (χ1) is 7.25. The van der Waals surface area contributed by atoms with Crippen molar-refractivity contribution in [2.45, 2.75) is 32.0 Å². The molecule has 0 aromatic carbocycles. The molecule has 1 aromatic heterocycles. The number of nitrogens with one attached hydrogen (secondary N) is 1. The Balaban J connectivity index is 1.82. The van der Waals surface area contributed by atoms with Gasteiger partial charge in [-0.15, -0.1) is 0 Å². The Bertz CT molecular complexity index is 323. The van der Waals surface area contributed by atoms with Gasteiger partial charge in [-0.05, 0) is 13.0 Å². The molecule has 0 unspecified atom stereocenters. The van der Waals surface area contributed by atoms with Gasteiger partial charge in [0.2, 0.25) is 0 Å². The summed E-state index contributed by atoms with van der Waals surface area (Å²) in [6, 6.07) is 1.95. The second kappa shape index (κ2) is 4.44. The van der Waals surface area contributed by atoms with Crippen LogP contribution < -0.4 is 5.32 Å². The van der Waals surface area contributed by atoms with Gasteiger partial charge in [-0.25, -0.2) is 0 Å². The molecule has 0 radical (unpaired) electrons. The quantitative estimate of drug-likeness (QED) is 0.718. The molecule has 5 heteroatoms. The lowest BCUT2D eigenvalue weighted by atomic mass is 10.2. The fraction of sp³-hybridized carbons (Fsp3) is 0.600. The fourth-order valence-electron chi connectivity index (χ4n) is 1.73. The zero-order valence-corrected chi connectivity index (χ0v) is 8.72. The third kappa shape index (κ3) is 2.56. The number of aromatic nitrogens is 2. The Morgan fingerprint density at radius 3 is 3.27 bits per heavy atom. The van der Waals surface area contributed by atoms with Gasteiger partial charge in [0.05, 0.1) is 13.2 Å². The van der Waals surface area contributed by atoms with Crippen molar-refractivity contribution in [1.82, 2.24) is 15.1 Å². The summed E-state index contributed by atoms with van der Waals surface area (Å²) in [6.45, 7) is 3.33. The molecular weight excluding hydrogens is 194 g/mol. The van der Waals surface area contributed by atoms with Crippen LogP contribution in [0.25, 0.3) is 0 Å². The molecule has 1 N–H and O–H groups in total. The van der Waals surface area contributed by atoms with Crippen LogP contribution in [0.15, 0.2) is 18.5 Å². The molecule has 1 fully saturated rings. The van der Waals surface area contributed by atoms with Gasteiger partial charge in [0, 0.05) is 24.9 Å². The molecule has 2 heterocycles. The number of hydrogen-bond acceptors (Lipinski definition) is 4. The van der Waals surface area contributed by atoms with E-state index in [4.69, 9.17) is 4.74 Å². The Labute approximate surface area is 88.4 Å². The van der Waals surface area contributed by atoms with Crippen molar-refractivity contribution in [3.63, 3.8) is 0 Å². The van der Waals surface area contributed by atoms with Crippen LogP contribution in [0.3, 0.4) is 0 Å². The van der Waals surface area contributed by atoms with Gasteiger partial charge >= 0.3 is 5.97 Å². The van der Waals surface area contributed by atoms with Crippen molar-refractivity contribution >= 4 is 5.97 Å². The van der Waals surface area contributed by atoms with E-state index in [-0.39, 0.29) is 18.1 Å². The molecule has 1 saturated heterocycles. The van der Waals surface area contributed by atoms with Gasteiger partial charge < -0.3 is 4.74 Å². The first-order valence-electron chi connectivity index (χ1n) is 5.16. The number of carbonyl (C=O) groups is 1. The van der Waals surface area contributed by atoms with Crippen LogP contribution in [0.1, 0.15) is 13.3 Å². The molecule has 15 heavy (non-hydrogen) atoms. The van der Waals surface area contributed by atoms with Gasteiger partial charge in [0.1, 0.15) is 6.04 Å². The van der Waals surface area contributed by atoms with Crippen LogP contribution in [-0.4, -0.2) is 34.4 Å².